The van der Waals surface area contributed by atoms with Gasteiger partial charge in [0.05, 0.1) is 11.3 Å². The van der Waals surface area contributed by atoms with Crippen LogP contribution in [0.1, 0.15) is 10.4 Å². The molecular weight excluding hydrogens is 313 g/mol. The number of hydrogen-bond donors (Lipinski definition) is 1. The smallest absolute Gasteiger partial charge is 0.419 e. The van der Waals surface area contributed by atoms with E-state index in [4.69, 9.17) is 5.11 Å². The van der Waals surface area contributed by atoms with E-state index in [1.165, 1.54) is 12.1 Å². The largest absolute Gasteiger partial charge is 0.464 e. The number of rotatable bonds is 0. The first kappa shape index (κ1) is 10.1. The second-order valence-corrected chi connectivity index (χ2v) is 4.16. The molecule has 0 saturated heterocycles. The van der Waals surface area contributed by atoms with Crippen molar-refractivity contribution in [1.29, 1.82) is 0 Å². The van der Waals surface area contributed by atoms with Crippen LogP contribution in [0.4, 0.5) is 10.5 Å². The molecule has 1 aliphatic rings. The van der Waals surface area contributed by atoms with Gasteiger partial charge in [-0.3, -0.25) is 9.59 Å². The molecule has 2 amide bonds. The van der Waals surface area contributed by atoms with Crippen LogP contribution in [0.3, 0.4) is 0 Å². The summed E-state index contributed by atoms with van der Waals surface area (Å²) >= 11 is 1.99. The van der Waals surface area contributed by atoms with E-state index in [2.05, 4.69) is 0 Å². The number of Topliss-reactive ketones (excluding diaryl/α,β-unsaturated/α-hetero) is 1. The van der Waals surface area contributed by atoms with Gasteiger partial charge in [-0.05, 0) is 40.8 Å². The van der Waals surface area contributed by atoms with Crippen LogP contribution in [0.25, 0.3) is 0 Å². The highest BCUT2D eigenvalue weighted by atomic mass is 127. The highest BCUT2D eigenvalue weighted by Gasteiger charge is 2.39. The zero-order valence-electron chi connectivity index (χ0n) is 7.23. The molecule has 5 nitrogen and oxygen atoms in total. The summed E-state index contributed by atoms with van der Waals surface area (Å²) in [6.07, 6.45) is -1.44. The van der Waals surface area contributed by atoms with Gasteiger partial charge < -0.3 is 5.11 Å². The molecule has 0 atom stereocenters. The van der Waals surface area contributed by atoms with Gasteiger partial charge in [-0.15, -0.1) is 0 Å². The number of fused-ring (bicyclic) bond motifs is 1. The van der Waals surface area contributed by atoms with Gasteiger partial charge in [0.2, 0.25) is 0 Å². The summed E-state index contributed by atoms with van der Waals surface area (Å²) in [6.45, 7) is 0. The van der Waals surface area contributed by atoms with Crippen molar-refractivity contribution in [3.8, 4) is 0 Å². The summed E-state index contributed by atoms with van der Waals surface area (Å²) in [6, 6.07) is 4.59. The third-order valence-electron chi connectivity index (χ3n) is 2.03. The zero-order chi connectivity index (χ0) is 11.2. The third kappa shape index (κ3) is 1.41. The Balaban J connectivity index is 2.66. The average molecular weight is 317 g/mol. The molecule has 1 aliphatic heterocycles. The Kier molecular flexibility index (Phi) is 2.22. The molecule has 0 spiro atoms. The molecule has 0 fully saturated rings. The van der Waals surface area contributed by atoms with Crippen molar-refractivity contribution in [3.05, 3.63) is 27.3 Å². The Morgan fingerprint density at radius 3 is 2.60 bits per heavy atom. The van der Waals surface area contributed by atoms with Crippen LogP contribution in [0.2, 0.25) is 0 Å². The maximum atomic E-state index is 11.4. The van der Waals surface area contributed by atoms with Gasteiger partial charge in [0.25, 0.3) is 5.78 Å². The lowest BCUT2D eigenvalue weighted by Crippen LogP contribution is -2.34. The van der Waals surface area contributed by atoms with Gasteiger partial charge in [-0.1, -0.05) is 0 Å². The monoisotopic (exact) mass is 317 g/mol. The Labute approximate surface area is 97.8 Å². The molecular formula is C9H4INO4. The lowest BCUT2D eigenvalue weighted by molar-refractivity contribution is -0.113. The fraction of sp³-hybridized carbons (Fsp3) is 0. The highest BCUT2D eigenvalue weighted by Crippen LogP contribution is 2.30. The molecule has 1 aromatic rings. The molecule has 0 aliphatic carbocycles. The molecule has 0 radical (unpaired) electrons. The van der Waals surface area contributed by atoms with Crippen molar-refractivity contribution in [2.75, 3.05) is 4.90 Å². The fourth-order valence-electron chi connectivity index (χ4n) is 1.40. The number of ketones is 1. The van der Waals surface area contributed by atoms with Crippen LogP contribution in [-0.4, -0.2) is 22.9 Å². The number of anilines is 1. The number of hydrogen-bond acceptors (Lipinski definition) is 3. The van der Waals surface area contributed by atoms with E-state index < -0.39 is 17.8 Å². The average Bonchev–Trinajstić information content (AvgIpc) is 2.41. The maximum absolute atomic E-state index is 11.4. The molecule has 0 aromatic heterocycles. The Hall–Kier alpha value is -1.44. The topological polar surface area (TPSA) is 74.7 Å². The zero-order valence-corrected chi connectivity index (χ0v) is 9.39. The van der Waals surface area contributed by atoms with Gasteiger partial charge in [-0.2, -0.15) is 0 Å². The molecule has 0 unspecified atom stereocenters. The first-order valence-electron chi connectivity index (χ1n) is 3.93. The Morgan fingerprint density at radius 1 is 1.33 bits per heavy atom. The minimum atomic E-state index is -1.44. The van der Waals surface area contributed by atoms with Crippen LogP contribution in [-0.2, 0) is 4.79 Å². The summed E-state index contributed by atoms with van der Waals surface area (Å²) in [7, 11) is 0. The first-order valence-corrected chi connectivity index (χ1v) is 5.01. The van der Waals surface area contributed by atoms with Crippen molar-refractivity contribution >= 4 is 46.1 Å². The van der Waals surface area contributed by atoms with E-state index in [1.807, 2.05) is 22.6 Å². The highest BCUT2D eigenvalue weighted by molar-refractivity contribution is 14.1. The summed E-state index contributed by atoms with van der Waals surface area (Å²) in [4.78, 5) is 33.9. The number of imide groups is 1. The number of carboxylic acid groups (broad SMARTS) is 1. The second kappa shape index (κ2) is 3.30. The lowest BCUT2D eigenvalue weighted by atomic mass is 10.1. The molecule has 0 saturated carbocycles. The molecule has 76 valence electrons. The molecule has 1 aromatic carbocycles. The number of carbonyl (C=O) groups is 3. The number of amides is 2. The van der Waals surface area contributed by atoms with Crippen molar-refractivity contribution < 1.29 is 19.5 Å². The summed E-state index contributed by atoms with van der Waals surface area (Å²) < 4.78 is 0.778. The lowest BCUT2D eigenvalue weighted by Gasteiger charge is -2.08. The Bertz CT molecular complexity index is 497. The van der Waals surface area contributed by atoms with Crippen LogP contribution in [0.15, 0.2) is 18.2 Å². The third-order valence-corrected chi connectivity index (χ3v) is 2.70. The van der Waals surface area contributed by atoms with Gasteiger partial charge in [0.1, 0.15) is 0 Å². The molecule has 1 N–H and O–H groups in total. The van der Waals surface area contributed by atoms with Crippen molar-refractivity contribution in [2.45, 2.75) is 0 Å². The predicted molar refractivity (Wildman–Crippen MR) is 59.0 cm³/mol. The minimum absolute atomic E-state index is 0.137. The molecule has 2 rings (SSSR count). The number of benzene rings is 1. The van der Waals surface area contributed by atoms with Crippen LogP contribution >= 0.6 is 22.6 Å². The first-order chi connectivity index (χ1) is 7.02. The van der Waals surface area contributed by atoms with Gasteiger partial charge in [0.15, 0.2) is 0 Å². The normalized spacial score (nSPS) is 14.3. The van der Waals surface area contributed by atoms with Gasteiger partial charge in [0, 0.05) is 3.57 Å². The molecule has 0 bridgehead atoms. The number of carbonyl (C=O) groups excluding carboxylic acids is 2. The Morgan fingerprint density at radius 2 is 2.00 bits per heavy atom. The van der Waals surface area contributed by atoms with E-state index in [1.54, 1.807) is 6.07 Å². The maximum Gasteiger partial charge on any atom is 0.419 e. The fourth-order valence-corrected chi connectivity index (χ4v) is 1.89. The van der Waals surface area contributed by atoms with Crippen molar-refractivity contribution in [1.82, 2.24) is 0 Å². The van der Waals surface area contributed by atoms with E-state index >= 15 is 0 Å². The van der Waals surface area contributed by atoms with E-state index in [9.17, 15) is 14.4 Å². The molecule has 15 heavy (non-hydrogen) atoms. The van der Waals surface area contributed by atoms with Crippen molar-refractivity contribution in [2.24, 2.45) is 0 Å². The van der Waals surface area contributed by atoms with Crippen LogP contribution in [0, 0.1) is 3.57 Å². The predicted octanol–water partition coefficient (Wildman–Crippen LogP) is 1.50. The minimum Gasteiger partial charge on any atom is -0.464 e. The van der Waals surface area contributed by atoms with E-state index in [0.29, 0.717) is 4.90 Å². The second-order valence-electron chi connectivity index (χ2n) is 2.91. The number of halogens is 1. The van der Waals surface area contributed by atoms with Gasteiger partial charge in [-0.25, -0.2) is 9.69 Å². The summed E-state index contributed by atoms with van der Waals surface area (Å²) in [5, 5.41) is 8.77. The number of nitrogens with zero attached hydrogens (tertiary/aromatic N) is 1. The van der Waals surface area contributed by atoms with E-state index in [0.717, 1.165) is 3.57 Å². The standard InChI is InChI=1S/C9H4INO4/c10-4-1-2-6-5(3-4)7(12)8(13)11(6)9(14)15/h1-3H,(H,14,15). The summed E-state index contributed by atoms with van der Waals surface area (Å²) in [5.74, 6) is -1.79. The van der Waals surface area contributed by atoms with Gasteiger partial charge >= 0.3 is 12.0 Å². The SMILES string of the molecule is O=C1C(=O)N(C(=O)O)c2ccc(I)cc21. The van der Waals surface area contributed by atoms with Crippen LogP contribution in [0.5, 0.6) is 0 Å². The quantitative estimate of drug-likeness (QED) is 0.581. The molecule has 6 heteroatoms. The van der Waals surface area contributed by atoms with E-state index in [-0.39, 0.29) is 11.3 Å². The van der Waals surface area contributed by atoms with Crippen molar-refractivity contribution in [3.63, 3.8) is 0 Å². The molecule has 1 heterocycles. The van der Waals surface area contributed by atoms with Crippen LogP contribution < -0.4 is 4.90 Å². The summed E-state index contributed by atoms with van der Waals surface area (Å²) in [5.41, 5.74) is 0.284.